The zero-order chi connectivity index (χ0) is 14.5. The van der Waals surface area contributed by atoms with E-state index in [0.29, 0.717) is 0 Å². The van der Waals surface area contributed by atoms with E-state index >= 15 is 0 Å². The number of carbonyl (C=O) groups is 1. The number of nitrogens with one attached hydrogen (secondary N) is 2. The van der Waals surface area contributed by atoms with Gasteiger partial charge in [-0.05, 0) is 55.8 Å². The molecule has 4 nitrogen and oxygen atoms in total. The van der Waals surface area contributed by atoms with E-state index in [2.05, 4.69) is 15.6 Å². The highest BCUT2D eigenvalue weighted by Crippen LogP contribution is 2.27. The number of carbonyl (C=O) groups excluding carboxylic acids is 1. The Labute approximate surface area is 128 Å². The molecule has 2 heterocycles. The molecule has 0 radical (unpaired) electrons. The van der Waals surface area contributed by atoms with Crippen molar-refractivity contribution in [3.05, 3.63) is 48.8 Å². The predicted octanol–water partition coefficient (Wildman–Crippen LogP) is 2.92. The number of pyridine rings is 1. The molecule has 108 valence electrons. The van der Waals surface area contributed by atoms with Crippen LogP contribution in [-0.4, -0.2) is 23.5 Å². The van der Waals surface area contributed by atoms with Crippen LogP contribution in [0.4, 0.5) is 5.69 Å². The van der Waals surface area contributed by atoms with Crippen molar-refractivity contribution < 1.29 is 4.79 Å². The topological polar surface area (TPSA) is 54.0 Å². The lowest BCUT2D eigenvalue weighted by Crippen LogP contribution is -2.35. The van der Waals surface area contributed by atoms with Crippen molar-refractivity contribution in [1.82, 2.24) is 10.3 Å². The summed E-state index contributed by atoms with van der Waals surface area (Å²) in [5, 5.41) is 6.15. The van der Waals surface area contributed by atoms with Gasteiger partial charge in [-0.15, -0.1) is 0 Å². The summed E-state index contributed by atoms with van der Waals surface area (Å²) in [6.45, 7) is 0.930. The van der Waals surface area contributed by atoms with Crippen molar-refractivity contribution in [3.8, 4) is 0 Å². The van der Waals surface area contributed by atoms with Crippen LogP contribution in [0.5, 0.6) is 0 Å². The van der Waals surface area contributed by atoms with Crippen LogP contribution < -0.4 is 10.6 Å². The maximum Gasteiger partial charge on any atom is 0.241 e. The minimum absolute atomic E-state index is 0.0455. The Morgan fingerprint density at radius 3 is 2.52 bits per heavy atom. The molecule has 2 N–H and O–H groups in total. The molecule has 3 rings (SSSR count). The van der Waals surface area contributed by atoms with Gasteiger partial charge in [0.1, 0.15) is 0 Å². The first kappa shape index (κ1) is 14.1. The summed E-state index contributed by atoms with van der Waals surface area (Å²) in [7, 11) is 0. The third kappa shape index (κ3) is 3.83. The summed E-state index contributed by atoms with van der Waals surface area (Å²) < 4.78 is 0. The Bertz CT molecular complexity index is 595. The van der Waals surface area contributed by atoms with Crippen molar-refractivity contribution in [2.75, 3.05) is 11.9 Å². The Morgan fingerprint density at radius 2 is 1.86 bits per heavy atom. The number of benzene rings is 1. The van der Waals surface area contributed by atoms with Gasteiger partial charge in [-0.1, -0.05) is 11.8 Å². The Balaban J connectivity index is 1.60. The normalized spacial score (nSPS) is 17.6. The molecule has 1 saturated heterocycles. The fourth-order valence-electron chi connectivity index (χ4n) is 2.29. The van der Waals surface area contributed by atoms with E-state index in [9.17, 15) is 4.79 Å². The van der Waals surface area contributed by atoms with Crippen LogP contribution in [0.1, 0.15) is 12.8 Å². The first-order valence-electron chi connectivity index (χ1n) is 7.03. The quantitative estimate of drug-likeness (QED) is 0.911. The molecular weight excluding hydrogens is 282 g/mol. The molecule has 5 heteroatoms. The summed E-state index contributed by atoms with van der Waals surface area (Å²) in [5.41, 5.74) is 0.841. The average molecular weight is 299 g/mol. The zero-order valence-electron chi connectivity index (χ0n) is 11.6. The van der Waals surface area contributed by atoms with Crippen molar-refractivity contribution >= 4 is 23.4 Å². The molecule has 0 unspecified atom stereocenters. The second-order valence-corrected chi connectivity index (χ2v) is 6.09. The van der Waals surface area contributed by atoms with Gasteiger partial charge in [0.05, 0.1) is 6.04 Å². The van der Waals surface area contributed by atoms with Crippen LogP contribution in [0.2, 0.25) is 0 Å². The van der Waals surface area contributed by atoms with E-state index < -0.39 is 0 Å². The van der Waals surface area contributed by atoms with E-state index in [4.69, 9.17) is 0 Å². The Kier molecular flexibility index (Phi) is 4.52. The summed E-state index contributed by atoms with van der Waals surface area (Å²) in [6.07, 6.45) is 5.55. The van der Waals surface area contributed by atoms with Gasteiger partial charge in [0.2, 0.25) is 5.91 Å². The molecule has 0 aliphatic carbocycles. The highest BCUT2D eigenvalue weighted by Gasteiger charge is 2.21. The molecule has 1 aromatic heterocycles. The molecule has 2 aromatic rings. The summed E-state index contributed by atoms with van der Waals surface area (Å²) in [4.78, 5) is 18.3. The van der Waals surface area contributed by atoms with Crippen molar-refractivity contribution in [2.24, 2.45) is 0 Å². The van der Waals surface area contributed by atoms with E-state index in [-0.39, 0.29) is 11.9 Å². The van der Waals surface area contributed by atoms with E-state index in [1.54, 1.807) is 24.2 Å². The average Bonchev–Trinajstić information content (AvgIpc) is 3.05. The summed E-state index contributed by atoms with van der Waals surface area (Å²) >= 11 is 1.68. The SMILES string of the molecule is O=C(Nc1ccc(Sc2ccncc2)cc1)[C@H]1CCCN1. The predicted molar refractivity (Wildman–Crippen MR) is 84.5 cm³/mol. The Hall–Kier alpha value is -1.85. The van der Waals surface area contributed by atoms with Crippen LogP contribution in [0.25, 0.3) is 0 Å². The fraction of sp³-hybridized carbons (Fsp3) is 0.250. The van der Waals surface area contributed by atoms with Crippen molar-refractivity contribution in [2.45, 2.75) is 28.7 Å². The second-order valence-electron chi connectivity index (χ2n) is 4.95. The van der Waals surface area contributed by atoms with Crippen LogP contribution in [0.15, 0.2) is 58.6 Å². The van der Waals surface area contributed by atoms with Crippen LogP contribution in [0.3, 0.4) is 0 Å². The van der Waals surface area contributed by atoms with Gasteiger partial charge in [-0.2, -0.15) is 0 Å². The number of hydrogen-bond donors (Lipinski definition) is 2. The van der Waals surface area contributed by atoms with Gasteiger partial charge >= 0.3 is 0 Å². The highest BCUT2D eigenvalue weighted by molar-refractivity contribution is 7.99. The van der Waals surface area contributed by atoms with Crippen molar-refractivity contribution in [3.63, 3.8) is 0 Å². The highest BCUT2D eigenvalue weighted by atomic mass is 32.2. The van der Waals surface area contributed by atoms with E-state index in [1.807, 2.05) is 36.4 Å². The van der Waals surface area contributed by atoms with Crippen LogP contribution >= 0.6 is 11.8 Å². The molecule has 0 saturated carbocycles. The second kappa shape index (κ2) is 6.74. The molecule has 1 atom stereocenters. The van der Waals surface area contributed by atoms with Gasteiger partial charge in [-0.25, -0.2) is 0 Å². The summed E-state index contributed by atoms with van der Waals surface area (Å²) in [5.74, 6) is 0.0574. The maximum atomic E-state index is 12.0. The zero-order valence-corrected chi connectivity index (χ0v) is 12.4. The van der Waals surface area contributed by atoms with Crippen LogP contribution in [0, 0.1) is 0 Å². The molecule has 1 aromatic carbocycles. The molecule has 0 spiro atoms. The molecule has 1 aliphatic rings. The van der Waals surface area contributed by atoms with Crippen LogP contribution in [-0.2, 0) is 4.79 Å². The number of amides is 1. The fourth-order valence-corrected chi connectivity index (χ4v) is 3.09. The van der Waals surface area contributed by atoms with Gasteiger partial charge in [0, 0.05) is 27.9 Å². The third-order valence-corrected chi connectivity index (χ3v) is 4.40. The van der Waals surface area contributed by atoms with Gasteiger partial charge in [-0.3, -0.25) is 9.78 Å². The van der Waals surface area contributed by atoms with Gasteiger partial charge < -0.3 is 10.6 Å². The number of nitrogens with zero attached hydrogens (tertiary/aromatic N) is 1. The maximum absolute atomic E-state index is 12.0. The lowest BCUT2D eigenvalue weighted by atomic mass is 10.2. The van der Waals surface area contributed by atoms with E-state index in [1.165, 1.54) is 0 Å². The largest absolute Gasteiger partial charge is 0.325 e. The minimum atomic E-state index is -0.0455. The monoisotopic (exact) mass is 299 g/mol. The Morgan fingerprint density at radius 1 is 1.14 bits per heavy atom. The standard InChI is InChI=1S/C16H17N3OS/c20-16(15-2-1-9-18-15)19-12-3-5-13(6-4-12)21-14-7-10-17-11-8-14/h3-8,10-11,15,18H,1-2,9H2,(H,19,20)/t15-/m1/s1. The van der Waals surface area contributed by atoms with Gasteiger partial charge in [0.25, 0.3) is 0 Å². The van der Waals surface area contributed by atoms with E-state index in [0.717, 1.165) is 34.9 Å². The number of anilines is 1. The van der Waals surface area contributed by atoms with Crippen molar-refractivity contribution in [1.29, 1.82) is 0 Å². The number of aromatic nitrogens is 1. The lowest BCUT2D eigenvalue weighted by molar-refractivity contribution is -0.117. The molecule has 1 amide bonds. The molecule has 1 aliphatic heterocycles. The third-order valence-electron chi connectivity index (χ3n) is 3.38. The molecule has 0 bridgehead atoms. The first-order valence-corrected chi connectivity index (χ1v) is 7.85. The number of rotatable bonds is 4. The minimum Gasteiger partial charge on any atom is -0.325 e. The number of hydrogen-bond acceptors (Lipinski definition) is 4. The molecule has 21 heavy (non-hydrogen) atoms. The smallest absolute Gasteiger partial charge is 0.241 e. The molecule has 1 fully saturated rings. The summed E-state index contributed by atoms with van der Waals surface area (Å²) in [6, 6.07) is 11.8. The first-order chi connectivity index (χ1) is 10.3. The van der Waals surface area contributed by atoms with Gasteiger partial charge in [0.15, 0.2) is 0 Å². The molecular formula is C16H17N3OS. The lowest BCUT2D eigenvalue weighted by Gasteiger charge is -2.11.